The number of nitrogens with one attached hydrogen (secondary N) is 1. The van der Waals surface area contributed by atoms with Gasteiger partial charge in [0.2, 0.25) is 0 Å². The zero-order valence-corrected chi connectivity index (χ0v) is 11.9. The molecule has 2 aromatic carbocycles. The van der Waals surface area contributed by atoms with Crippen LogP contribution in [0, 0.1) is 18.6 Å². The Kier molecular flexibility index (Phi) is 4.75. The zero-order valence-electron chi connectivity index (χ0n) is 11.1. The molecule has 0 fully saturated rings. The molecule has 21 heavy (non-hydrogen) atoms. The van der Waals surface area contributed by atoms with Gasteiger partial charge in [-0.05, 0) is 42.8 Å². The van der Waals surface area contributed by atoms with Crippen LogP contribution in [0.1, 0.15) is 5.56 Å². The van der Waals surface area contributed by atoms with Gasteiger partial charge in [0.25, 0.3) is 5.91 Å². The molecule has 110 valence electrons. The standard InChI is InChI=1S/C15H12ClF2NO2/c1-9-6-10(16)2-5-14(9)21-8-15(20)19-13-4-3-11(17)7-12(13)18/h2-7H,8H2,1H3,(H,19,20). The molecule has 0 aliphatic carbocycles. The van der Waals surface area contributed by atoms with Crippen LogP contribution < -0.4 is 10.1 Å². The lowest BCUT2D eigenvalue weighted by Crippen LogP contribution is -2.21. The van der Waals surface area contributed by atoms with E-state index in [2.05, 4.69) is 5.32 Å². The number of benzene rings is 2. The van der Waals surface area contributed by atoms with Gasteiger partial charge >= 0.3 is 0 Å². The average molecular weight is 312 g/mol. The predicted molar refractivity (Wildman–Crippen MR) is 76.7 cm³/mol. The van der Waals surface area contributed by atoms with Gasteiger partial charge in [0.15, 0.2) is 6.61 Å². The van der Waals surface area contributed by atoms with Crippen molar-refractivity contribution in [1.82, 2.24) is 0 Å². The first kappa shape index (κ1) is 15.3. The van der Waals surface area contributed by atoms with E-state index in [1.54, 1.807) is 25.1 Å². The van der Waals surface area contributed by atoms with Gasteiger partial charge in [-0.25, -0.2) is 8.78 Å². The van der Waals surface area contributed by atoms with Crippen molar-refractivity contribution in [2.75, 3.05) is 11.9 Å². The smallest absolute Gasteiger partial charge is 0.262 e. The van der Waals surface area contributed by atoms with Crippen LogP contribution in [0.3, 0.4) is 0 Å². The number of hydrogen-bond donors (Lipinski definition) is 1. The Hall–Kier alpha value is -2.14. The van der Waals surface area contributed by atoms with Gasteiger partial charge in [0, 0.05) is 11.1 Å². The molecule has 0 unspecified atom stereocenters. The van der Waals surface area contributed by atoms with E-state index in [1.807, 2.05) is 0 Å². The topological polar surface area (TPSA) is 38.3 Å². The molecular formula is C15H12ClF2NO2. The molecule has 0 aliphatic rings. The van der Waals surface area contributed by atoms with Crippen LogP contribution in [-0.4, -0.2) is 12.5 Å². The number of halogens is 3. The highest BCUT2D eigenvalue weighted by atomic mass is 35.5. The van der Waals surface area contributed by atoms with E-state index in [1.165, 1.54) is 0 Å². The van der Waals surface area contributed by atoms with E-state index >= 15 is 0 Å². The molecule has 6 heteroatoms. The van der Waals surface area contributed by atoms with Crippen molar-refractivity contribution in [3.8, 4) is 5.75 Å². The maximum atomic E-state index is 13.4. The Bertz CT molecular complexity index is 677. The molecule has 1 amide bonds. The van der Waals surface area contributed by atoms with Crippen LogP contribution in [-0.2, 0) is 4.79 Å². The van der Waals surface area contributed by atoms with E-state index in [-0.39, 0.29) is 12.3 Å². The molecule has 0 aliphatic heterocycles. The first-order valence-electron chi connectivity index (χ1n) is 6.09. The number of aryl methyl sites for hydroxylation is 1. The Morgan fingerprint density at radius 3 is 2.67 bits per heavy atom. The van der Waals surface area contributed by atoms with E-state index < -0.39 is 17.5 Å². The maximum absolute atomic E-state index is 13.4. The van der Waals surface area contributed by atoms with Crippen LogP contribution >= 0.6 is 11.6 Å². The largest absolute Gasteiger partial charge is 0.483 e. The summed E-state index contributed by atoms with van der Waals surface area (Å²) in [6.07, 6.45) is 0. The van der Waals surface area contributed by atoms with Gasteiger partial charge in [0.05, 0.1) is 5.69 Å². The molecule has 0 aromatic heterocycles. The second-order valence-electron chi connectivity index (χ2n) is 4.37. The highest BCUT2D eigenvalue weighted by Crippen LogP contribution is 2.22. The van der Waals surface area contributed by atoms with Crippen LogP contribution in [0.25, 0.3) is 0 Å². The van der Waals surface area contributed by atoms with Gasteiger partial charge in [-0.2, -0.15) is 0 Å². The average Bonchev–Trinajstić information content (AvgIpc) is 2.41. The fraction of sp³-hybridized carbons (Fsp3) is 0.133. The van der Waals surface area contributed by atoms with Gasteiger partial charge in [-0.15, -0.1) is 0 Å². The summed E-state index contributed by atoms with van der Waals surface area (Å²) in [5.74, 6) is -1.59. The minimum Gasteiger partial charge on any atom is -0.483 e. The molecule has 2 aromatic rings. The maximum Gasteiger partial charge on any atom is 0.262 e. The van der Waals surface area contributed by atoms with E-state index in [0.717, 1.165) is 17.7 Å². The highest BCUT2D eigenvalue weighted by Gasteiger charge is 2.09. The third-order valence-corrected chi connectivity index (χ3v) is 2.94. The van der Waals surface area contributed by atoms with Gasteiger partial charge in [-0.1, -0.05) is 11.6 Å². The van der Waals surface area contributed by atoms with E-state index in [4.69, 9.17) is 16.3 Å². The summed E-state index contributed by atoms with van der Waals surface area (Å²) in [5, 5.41) is 2.87. The van der Waals surface area contributed by atoms with Crippen LogP contribution in [0.4, 0.5) is 14.5 Å². The molecule has 0 saturated heterocycles. The van der Waals surface area contributed by atoms with Crippen molar-refractivity contribution >= 4 is 23.2 Å². The third kappa shape index (κ3) is 4.16. The monoisotopic (exact) mass is 311 g/mol. The lowest BCUT2D eigenvalue weighted by Gasteiger charge is -2.10. The fourth-order valence-corrected chi connectivity index (χ4v) is 1.92. The second kappa shape index (κ2) is 6.54. The number of carbonyl (C=O) groups is 1. The molecule has 3 nitrogen and oxygen atoms in total. The zero-order chi connectivity index (χ0) is 15.4. The van der Waals surface area contributed by atoms with Crippen molar-refractivity contribution in [3.05, 3.63) is 58.6 Å². The molecule has 0 spiro atoms. The summed E-state index contributed by atoms with van der Waals surface area (Å²) >= 11 is 5.81. The molecule has 0 atom stereocenters. The third-order valence-electron chi connectivity index (χ3n) is 2.70. The Balaban J connectivity index is 1.96. The quantitative estimate of drug-likeness (QED) is 0.928. The Morgan fingerprint density at radius 1 is 1.24 bits per heavy atom. The summed E-state index contributed by atoms with van der Waals surface area (Å²) in [5.41, 5.74) is 0.682. The van der Waals surface area contributed by atoms with Crippen molar-refractivity contribution in [1.29, 1.82) is 0 Å². The van der Waals surface area contributed by atoms with Crippen LogP contribution in [0.15, 0.2) is 36.4 Å². The predicted octanol–water partition coefficient (Wildman–Crippen LogP) is 3.94. The Morgan fingerprint density at radius 2 is 2.00 bits per heavy atom. The first-order valence-corrected chi connectivity index (χ1v) is 6.47. The van der Waals surface area contributed by atoms with E-state index in [9.17, 15) is 13.6 Å². The Labute approximate surface area is 125 Å². The molecular weight excluding hydrogens is 300 g/mol. The number of rotatable bonds is 4. The van der Waals surface area contributed by atoms with Gasteiger partial charge in [0.1, 0.15) is 17.4 Å². The highest BCUT2D eigenvalue weighted by molar-refractivity contribution is 6.30. The molecule has 0 heterocycles. The summed E-state index contributed by atoms with van der Waals surface area (Å²) in [6, 6.07) is 7.89. The SMILES string of the molecule is Cc1cc(Cl)ccc1OCC(=O)Nc1ccc(F)cc1F. The number of hydrogen-bond acceptors (Lipinski definition) is 2. The molecule has 0 bridgehead atoms. The molecule has 0 saturated carbocycles. The van der Waals surface area contributed by atoms with Crippen LogP contribution in [0.2, 0.25) is 5.02 Å². The second-order valence-corrected chi connectivity index (χ2v) is 4.81. The normalized spacial score (nSPS) is 10.3. The summed E-state index contributed by atoms with van der Waals surface area (Å²) in [7, 11) is 0. The van der Waals surface area contributed by atoms with Crippen molar-refractivity contribution in [3.63, 3.8) is 0 Å². The summed E-state index contributed by atoms with van der Waals surface area (Å²) < 4.78 is 31.4. The molecule has 1 N–H and O–H groups in total. The van der Waals surface area contributed by atoms with Crippen molar-refractivity contribution in [2.24, 2.45) is 0 Å². The van der Waals surface area contributed by atoms with Gasteiger partial charge < -0.3 is 10.1 Å². The summed E-state index contributed by atoms with van der Waals surface area (Å²) in [4.78, 5) is 11.7. The van der Waals surface area contributed by atoms with Crippen molar-refractivity contribution in [2.45, 2.75) is 6.92 Å². The fourth-order valence-electron chi connectivity index (χ4n) is 1.70. The van der Waals surface area contributed by atoms with E-state index in [0.29, 0.717) is 16.8 Å². The van der Waals surface area contributed by atoms with Gasteiger partial charge in [-0.3, -0.25) is 4.79 Å². The lowest BCUT2D eigenvalue weighted by molar-refractivity contribution is -0.118. The number of ether oxygens (including phenoxy) is 1. The lowest BCUT2D eigenvalue weighted by atomic mass is 10.2. The molecule has 0 radical (unpaired) electrons. The summed E-state index contributed by atoms with van der Waals surface area (Å²) in [6.45, 7) is 1.50. The number of carbonyl (C=O) groups excluding carboxylic acids is 1. The molecule has 2 rings (SSSR count). The van der Waals surface area contributed by atoms with Crippen LogP contribution in [0.5, 0.6) is 5.75 Å². The first-order chi connectivity index (χ1) is 9.95. The minimum absolute atomic E-state index is 0.0992. The van der Waals surface area contributed by atoms with Crippen molar-refractivity contribution < 1.29 is 18.3 Å². The number of amides is 1. The number of anilines is 1. The minimum atomic E-state index is -0.842.